The molecule has 0 spiro atoms. The van der Waals surface area contributed by atoms with Gasteiger partial charge in [0.05, 0.1) is 12.2 Å². The van der Waals surface area contributed by atoms with Crippen molar-refractivity contribution in [3.05, 3.63) is 53.2 Å². The van der Waals surface area contributed by atoms with Gasteiger partial charge in [-0.2, -0.15) is 10.1 Å². The Bertz CT molecular complexity index is 899. The Hall–Kier alpha value is -2.47. The van der Waals surface area contributed by atoms with Crippen LogP contribution in [0.15, 0.2) is 34.9 Å². The molecule has 0 bridgehead atoms. The monoisotopic (exact) mass is 352 g/mol. The van der Waals surface area contributed by atoms with Gasteiger partial charge in [-0.25, -0.2) is 0 Å². The second-order valence-electron chi connectivity index (χ2n) is 7.19. The van der Waals surface area contributed by atoms with E-state index in [1.807, 2.05) is 23.7 Å². The zero-order chi connectivity index (χ0) is 18.1. The number of nitrogens with zero attached hydrogens (tertiary/aromatic N) is 4. The topological polar surface area (TPSA) is 66.0 Å². The SMILES string of the molecule is Cc1cc(C)n(Cc2cccc(-c3noc(C4CCOCC4C)n3)c2)n1. The molecular formula is C20H24N4O2. The second kappa shape index (κ2) is 7.03. The molecule has 1 fully saturated rings. The van der Waals surface area contributed by atoms with Gasteiger partial charge in [0.15, 0.2) is 0 Å². The predicted octanol–water partition coefficient (Wildman–Crippen LogP) is 3.74. The van der Waals surface area contributed by atoms with Crippen LogP contribution < -0.4 is 0 Å². The molecule has 0 saturated carbocycles. The lowest BCUT2D eigenvalue weighted by Gasteiger charge is -2.25. The van der Waals surface area contributed by atoms with E-state index >= 15 is 0 Å². The van der Waals surface area contributed by atoms with Crippen LogP contribution in [0.25, 0.3) is 11.4 Å². The first-order valence-electron chi connectivity index (χ1n) is 9.12. The van der Waals surface area contributed by atoms with Crippen molar-refractivity contribution in [2.24, 2.45) is 5.92 Å². The van der Waals surface area contributed by atoms with E-state index in [9.17, 15) is 0 Å². The summed E-state index contributed by atoms with van der Waals surface area (Å²) in [6.45, 7) is 8.49. The molecule has 6 heteroatoms. The lowest BCUT2D eigenvalue weighted by atomic mass is 9.90. The first-order valence-corrected chi connectivity index (χ1v) is 9.12. The lowest BCUT2D eigenvalue weighted by Crippen LogP contribution is -2.23. The van der Waals surface area contributed by atoms with Gasteiger partial charge < -0.3 is 9.26 Å². The Labute approximate surface area is 153 Å². The van der Waals surface area contributed by atoms with Crippen LogP contribution in [0.5, 0.6) is 0 Å². The molecule has 0 aliphatic carbocycles. The minimum Gasteiger partial charge on any atom is -0.381 e. The van der Waals surface area contributed by atoms with Crippen molar-refractivity contribution >= 4 is 0 Å². The van der Waals surface area contributed by atoms with Gasteiger partial charge in [0.25, 0.3) is 0 Å². The molecule has 2 atom stereocenters. The Morgan fingerprint density at radius 3 is 2.88 bits per heavy atom. The van der Waals surface area contributed by atoms with Crippen LogP contribution in [0.3, 0.4) is 0 Å². The summed E-state index contributed by atoms with van der Waals surface area (Å²) in [7, 11) is 0. The maximum Gasteiger partial charge on any atom is 0.230 e. The largest absolute Gasteiger partial charge is 0.381 e. The third kappa shape index (κ3) is 3.42. The zero-order valence-electron chi connectivity index (χ0n) is 15.5. The molecule has 0 radical (unpaired) electrons. The van der Waals surface area contributed by atoms with Gasteiger partial charge in [0, 0.05) is 30.4 Å². The molecule has 2 aromatic heterocycles. The number of hydrogen-bond acceptors (Lipinski definition) is 5. The van der Waals surface area contributed by atoms with Crippen LogP contribution in [0.1, 0.15) is 42.1 Å². The first kappa shape index (κ1) is 17.0. The summed E-state index contributed by atoms with van der Waals surface area (Å²) >= 11 is 0. The molecule has 1 aliphatic rings. The van der Waals surface area contributed by atoms with Gasteiger partial charge in [-0.15, -0.1) is 0 Å². The Morgan fingerprint density at radius 2 is 2.12 bits per heavy atom. The second-order valence-corrected chi connectivity index (χ2v) is 7.19. The highest BCUT2D eigenvalue weighted by Crippen LogP contribution is 2.31. The normalized spacial score (nSPS) is 20.4. The molecule has 4 rings (SSSR count). The van der Waals surface area contributed by atoms with E-state index in [1.54, 1.807) is 0 Å². The van der Waals surface area contributed by atoms with Crippen LogP contribution in [-0.2, 0) is 11.3 Å². The molecule has 1 aromatic carbocycles. The molecule has 3 heterocycles. The van der Waals surface area contributed by atoms with Crippen molar-refractivity contribution in [1.29, 1.82) is 0 Å². The Kier molecular flexibility index (Phi) is 4.59. The molecule has 26 heavy (non-hydrogen) atoms. The quantitative estimate of drug-likeness (QED) is 0.716. The third-order valence-electron chi connectivity index (χ3n) is 5.02. The summed E-state index contributed by atoms with van der Waals surface area (Å²) in [4.78, 5) is 4.67. The summed E-state index contributed by atoms with van der Waals surface area (Å²) in [5, 5.41) is 8.75. The van der Waals surface area contributed by atoms with Gasteiger partial charge in [-0.1, -0.05) is 30.3 Å². The minimum absolute atomic E-state index is 0.280. The highest BCUT2D eigenvalue weighted by Gasteiger charge is 2.28. The molecule has 0 N–H and O–H groups in total. The highest BCUT2D eigenvalue weighted by molar-refractivity contribution is 5.55. The molecule has 136 valence electrons. The summed E-state index contributed by atoms with van der Waals surface area (Å²) in [5.74, 6) is 2.05. The van der Waals surface area contributed by atoms with E-state index in [0.717, 1.165) is 49.0 Å². The van der Waals surface area contributed by atoms with Gasteiger partial charge in [-0.05, 0) is 43.9 Å². The van der Waals surface area contributed by atoms with Crippen molar-refractivity contribution < 1.29 is 9.26 Å². The average molecular weight is 352 g/mol. The third-order valence-corrected chi connectivity index (χ3v) is 5.02. The van der Waals surface area contributed by atoms with Crippen LogP contribution in [-0.4, -0.2) is 33.1 Å². The fourth-order valence-corrected chi connectivity index (χ4v) is 3.57. The van der Waals surface area contributed by atoms with Gasteiger partial charge in [0.1, 0.15) is 0 Å². The fraction of sp³-hybridized carbons (Fsp3) is 0.450. The first-order chi connectivity index (χ1) is 12.6. The predicted molar refractivity (Wildman–Crippen MR) is 97.9 cm³/mol. The van der Waals surface area contributed by atoms with Crippen LogP contribution in [0.2, 0.25) is 0 Å². The number of ether oxygens (including phenoxy) is 1. The van der Waals surface area contributed by atoms with Gasteiger partial charge >= 0.3 is 0 Å². The van der Waals surface area contributed by atoms with Crippen molar-refractivity contribution in [3.8, 4) is 11.4 Å². The lowest BCUT2D eigenvalue weighted by molar-refractivity contribution is 0.0392. The van der Waals surface area contributed by atoms with E-state index in [1.165, 1.54) is 5.56 Å². The number of benzene rings is 1. The van der Waals surface area contributed by atoms with Crippen molar-refractivity contribution in [2.45, 2.75) is 39.7 Å². The maximum absolute atomic E-state index is 5.58. The molecule has 1 saturated heterocycles. The number of rotatable bonds is 4. The summed E-state index contributed by atoms with van der Waals surface area (Å²) in [5.41, 5.74) is 4.33. The Balaban J connectivity index is 1.56. The van der Waals surface area contributed by atoms with E-state index < -0.39 is 0 Å². The minimum atomic E-state index is 0.280. The molecule has 6 nitrogen and oxygen atoms in total. The molecule has 0 amide bonds. The van der Waals surface area contributed by atoms with Crippen molar-refractivity contribution in [1.82, 2.24) is 19.9 Å². The average Bonchev–Trinajstić information content (AvgIpc) is 3.23. The maximum atomic E-state index is 5.58. The molecule has 1 aliphatic heterocycles. The van der Waals surface area contributed by atoms with E-state index in [-0.39, 0.29) is 5.92 Å². The zero-order valence-corrected chi connectivity index (χ0v) is 15.5. The number of aryl methyl sites for hydroxylation is 2. The highest BCUT2D eigenvalue weighted by atomic mass is 16.5. The summed E-state index contributed by atoms with van der Waals surface area (Å²) in [6, 6.07) is 10.3. The number of aromatic nitrogens is 4. The van der Waals surface area contributed by atoms with E-state index in [2.05, 4.69) is 47.3 Å². The smallest absolute Gasteiger partial charge is 0.230 e. The van der Waals surface area contributed by atoms with Gasteiger partial charge in [0.2, 0.25) is 11.7 Å². The van der Waals surface area contributed by atoms with Crippen molar-refractivity contribution in [3.63, 3.8) is 0 Å². The summed E-state index contributed by atoms with van der Waals surface area (Å²) in [6.07, 6.45) is 0.931. The van der Waals surface area contributed by atoms with E-state index in [4.69, 9.17) is 9.26 Å². The molecule has 2 unspecified atom stereocenters. The molecule has 3 aromatic rings. The van der Waals surface area contributed by atoms with Crippen LogP contribution >= 0.6 is 0 Å². The number of hydrogen-bond donors (Lipinski definition) is 0. The fourth-order valence-electron chi connectivity index (χ4n) is 3.57. The van der Waals surface area contributed by atoms with E-state index in [0.29, 0.717) is 11.7 Å². The van der Waals surface area contributed by atoms with Gasteiger partial charge in [-0.3, -0.25) is 4.68 Å². The Morgan fingerprint density at radius 1 is 1.23 bits per heavy atom. The van der Waals surface area contributed by atoms with Crippen LogP contribution in [0.4, 0.5) is 0 Å². The van der Waals surface area contributed by atoms with Crippen LogP contribution in [0, 0.1) is 19.8 Å². The molecular weight excluding hydrogens is 328 g/mol. The summed E-state index contributed by atoms with van der Waals surface area (Å²) < 4.78 is 13.1. The standard InChI is InChI=1S/C20H24N4O2/c1-13-12-25-8-7-18(13)20-21-19(23-26-20)17-6-4-5-16(10-17)11-24-15(3)9-14(2)22-24/h4-6,9-10,13,18H,7-8,11-12H2,1-3H3. The van der Waals surface area contributed by atoms with Crippen molar-refractivity contribution in [2.75, 3.05) is 13.2 Å².